The smallest absolute Gasteiger partial charge is 0.251 e. The van der Waals surface area contributed by atoms with Crippen LogP contribution in [0.15, 0.2) is 36.4 Å². The summed E-state index contributed by atoms with van der Waals surface area (Å²) < 4.78 is 10.2. The number of carbonyl (C=O) groups excluding carboxylic acids is 2. The summed E-state index contributed by atoms with van der Waals surface area (Å²) >= 11 is 5.92. The zero-order valence-corrected chi connectivity index (χ0v) is 14.9. The highest BCUT2D eigenvalue weighted by Gasteiger charge is 2.12. The zero-order chi connectivity index (χ0) is 18.4. The Morgan fingerprint density at radius 2 is 1.68 bits per heavy atom. The van der Waals surface area contributed by atoms with Crippen molar-refractivity contribution in [2.24, 2.45) is 0 Å². The molecule has 0 aliphatic carbocycles. The third kappa shape index (κ3) is 5.12. The van der Waals surface area contributed by atoms with E-state index in [1.165, 1.54) is 14.2 Å². The highest BCUT2D eigenvalue weighted by molar-refractivity contribution is 6.31. The van der Waals surface area contributed by atoms with Crippen molar-refractivity contribution in [3.63, 3.8) is 0 Å². The molecule has 7 heteroatoms. The number of amides is 2. The molecule has 0 spiro atoms. The van der Waals surface area contributed by atoms with Gasteiger partial charge in [0.1, 0.15) is 11.5 Å². The average molecular weight is 363 g/mol. The third-order valence-electron chi connectivity index (χ3n) is 3.50. The first-order valence-electron chi connectivity index (χ1n) is 7.50. The lowest BCUT2D eigenvalue weighted by molar-refractivity contribution is -0.115. The Labute approximate surface area is 151 Å². The van der Waals surface area contributed by atoms with E-state index in [4.69, 9.17) is 21.1 Å². The molecule has 2 N–H and O–H groups in total. The van der Waals surface area contributed by atoms with E-state index in [1.54, 1.807) is 36.4 Å². The standard InChI is InChI=1S/C18H19ClN2O4/c1-11-4-5-13(19)8-16(11)21-17(22)10-20-18(23)12-6-14(24-2)9-15(7-12)25-3/h4-9H,10H2,1-3H3,(H,20,23)(H,21,22). The Morgan fingerprint density at radius 1 is 1.04 bits per heavy atom. The highest BCUT2D eigenvalue weighted by atomic mass is 35.5. The summed E-state index contributed by atoms with van der Waals surface area (Å²) in [7, 11) is 2.99. The first kappa shape index (κ1) is 18.6. The molecule has 0 fully saturated rings. The number of nitrogens with one attached hydrogen (secondary N) is 2. The second-order valence-corrected chi connectivity index (χ2v) is 5.73. The van der Waals surface area contributed by atoms with E-state index in [0.29, 0.717) is 27.8 Å². The fourth-order valence-corrected chi connectivity index (χ4v) is 2.30. The van der Waals surface area contributed by atoms with E-state index in [9.17, 15) is 9.59 Å². The summed E-state index contributed by atoms with van der Waals surface area (Å²) in [5.41, 5.74) is 1.82. The van der Waals surface area contributed by atoms with Crippen LogP contribution < -0.4 is 20.1 Å². The summed E-state index contributed by atoms with van der Waals surface area (Å²) in [6, 6.07) is 9.99. The third-order valence-corrected chi connectivity index (χ3v) is 3.73. The first-order valence-corrected chi connectivity index (χ1v) is 7.88. The number of hydrogen-bond donors (Lipinski definition) is 2. The first-order chi connectivity index (χ1) is 11.9. The van der Waals surface area contributed by atoms with Gasteiger partial charge in [0.15, 0.2) is 0 Å². The molecular weight excluding hydrogens is 344 g/mol. The maximum atomic E-state index is 12.2. The summed E-state index contributed by atoms with van der Waals surface area (Å²) in [5.74, 6) is 0.218. The molecule has 25 heavy (non-hydrogen) atoms. The van der Waals surface area contributed by atoms with Gasteiger partial charge in [0.2, 0.25) is 5.91 Å². The van der Waals surface area contributed by atoms with Gasteiger partial charge in [-0.1, -0.05) is 17.7 Å². The van der Waals surface area contributed by atoms with Crippen molar-refractivity contribution in [3.05, 3.63) is 52.5 Å². The van der Waals surface area contributed by atoms with Crippen molar-refractivity contribution in [1.82, 2.24) is 5.32 Å². The van der Waals surface area contributed by atoms with Gasteiger partial charge in [-0.2, -0.15) is 0 Å². The summed E-state index contributed by atoms with van der Waals surface area (Å²) in [5, 5.41) is 5.80. The second kappa shape index (κ2) is 8.39. The largest absolute Gasteiger partial charge is 0.497 e. The molecule has 0 radical (unpaired) electrons. The Balaban J connectivity index is 1.99. The predicted molar refractivity (Wildman–Crippen MR) is 96.7 cm³/mol. The van der Waals surface area contributed by atoms with Crippen LogP contribution in [0.2, 0.25) is 5.02 Å². The Bertz CT molecular complexity index is 770. The van der Waals surface area contributed by atoms with Crippen LogP contribution in [0.1, 0.15) is 15.9 Å². The molecule has 0 saturated heterocycles. The van der Waals surface area contributed by atoms with Crippen molar-refractivity contribution in [1.29, 1.82) is 0 Å². The van der Waals surface area contributed by atoms with Crippen LogP contribution in [0, 0.1) is 6.92 Å². The maximum absolute atomic E-state index is 12.2. The van der Waals surface area contributed by atoms with Gasteiger partial charge < -0.3 is 20.1 Å². The highest BCUT2D eigenvalue weighted by Crippen LogP contribution is 2.22. The lowest BCUT2D eigenvalue weighted by atomic mass is 10.2. The van der Waals surface area contributed by atoms with E-state index in [2.05, 4.69) is 10.6 Å². The van der Waals surface area contributed by atoms with Gasteiger partial charge in [0.05, 0.1) is 20.8 Å². The van der Waals surface area contributed by atoms with E-state index in [-0.39, 0.29) is 12.5 Å². The fourth-order valence-electron chi connectivity index (χ4n) is 2.12. The fraction of sp³-hybridized carbons (Fsp3) is 0.222. The number of ether oxygens (including phenoxy) is 2. The molecule has 6 nitrogen and oxygen atoms in total. The molecule has 2 rings (SSSR count). The lowest BCUT2D eigenvalue weighted by Crippen LogP contribution is -2.33. The second-order valence-electron chi connectivity index (χ2n) is 5.29. The SMILES string of the molecule is COc1cc(OC)cc(C(=O)NCC(=O)Nc2cc(Cl)ccc2C)c1. The molecule has 0 aromatic heterocycles. The molecule has 2 amide bonds. The minimum atomic E-state index is -0.407. The number of aryl methyl sites for hydroxylation is 1. The normalized spacial score (nSPS) is 10.1. The van der Waals surface area contributed by atoms with Crippen LogP contribution in [-0.2, 0) is 4.79 Å². The minimum absolute atomic E-state index is 0.176. The molecule has 0 heterocycles. The number of hydrogen-bond acceptors (Lipinski definition) is 4. The number of anilines is 1. The van der Waals surface area contributed by atoms with Crippen LogP contribution in [0.25, 0.3) is 0 Å². The van der Waals surface area contributed by atoms with Crippen LogP contribution >= 0.6 is 11.6 Å². The van der Waals surface area contributed by atoms with Gasteiger partial charge in [0.25, 0.3) is 5.91 Å². The number of carbonyl (C=O) groups is 2. The van der Waals surface area contributed by atoms with E-state index < -0.39 is 5.91 Å². The van der Waals surface area contributed by atoms with E-state index in [1.807, 2.05) is 6.92 Å². The van der Waals surface area contributed by atoms with E-state index >= 15 is 0 Å². The van der Waals surface area contributed by atoms with Gasteiger partial charge >= 0.3 is 0 Å². The molecule has 0 unspecified atom stereocenters. The van der Waals surface area contributed by atoms with Crippen LogP contribution in [0.5, 0.6) is 11.5 Å². The van der Waals surface area contributed by atoms with Gasteiger partial charge in [-0.05, 0) is 36.8 Å². The molecule has 132 valence electrons. The number of rotatable bonds is 6. The van der Waals surface area contributed by atoms with Crippen LogP contribution in [-0.4, -0.2) is 32.6 Å². The Kier molecular flexibility index (Phi) is 6.25. The Morgan fingerprint density at radius 3 is 2.28 bits per heavy atom. The molecule has 0 aliphatic heterocycles. The van der Waals surface area contributed by atoms with Crippen LogP contribution in [0.3, 0.4) is 0 Å². The molecule has 2 aromatic rings. The summed E-state index contributed by atoms with van der Waals surface area (Å²) in [6.07, 6.45) is 0. The molecular formula is C18H19ClN2O4. The van der Waals surface area contributed by atoms with Crippen molar-refractivity contribution in [3.8, 4) is 11.5 Å². The quantitative estimate of drug-likeness (QED) is 0.828. The molecule has 0 atom stereocenters. The van der Waals surface area contributed by atoms with E-state index in [0.717, 1.165) is 5.56 Å². The predicted octanol–water partition coefficient (Wildman–Crippen LogP) is 3.03. The molecule has 0 aliphatic rings. The van der Waals surface area contributed by atoms with Crippen molar-refractivity contribution in [2.45, 2.75) is 6.92 Å². The van der Waals surface area contributed by atoms with Gasteiger partial charge in [0, 0.05) is 22.3 Å². The van der Waals surface area contributed by atoms with Gasteiger partial charge in [-0.3, -0.25) is 9.59 Å². The van der Waals surface area contributed by atoms with Crippen molar-refractivity contribution >= 4 is 29.1 Å². The molecule has 2 aromatic carbocycles. The Hall–Kier alpha value is -2.73. The number of halogens is 1. The summed E-state index contributed by atoms with van der Waals surface area (Å²) in [4.78, 5) is 24.3. The number of benzene rings is 2. The van der Waals surface area contributed by atoms with Crippen molar-refractivity contribution < 1.29 is 19.1 Å². The topological polar surface area (TPSA) is 76.7 Å². The monoisotopic (exact) mass is 362 g/mol. The molecule has 0 bridgehead atoms. The minimum Gasteiger partial charge on any atom is -0.497 e. The van der Waals surface area contributed by atoms with Crippen molar-refractivity contribution in [2.75, 3.05) is 26.1 Å². The lowest BCUT2D eigenvalue weighted by Gasteiger charge is -2.11. The zero-order valence-electron chi connectivity index (χ0n) is 14.2. The number of methoxy groups -OCH3 is 2. The van der Waals surface area contributed by atoms with Gasteiger partial charge in [-0.25, -0.2) is 0 Å². The molecule has 0 saturated carbocycles. The average Bonchev–Trinajstić information content (AvgIpc) is 2.62. The van der Waals surface area contributed by atoms with Crippen LogP contribution in [0.4, 0.5) is 5.69 Å². The summed E-state index contributed by atoms with van der Waals surface area (Å²) in [6.45, 7) is 1.68. The maximum Gasteiger partial charge on any atom is 0.251 e. The van der Waals surface area contributed by atoms with Gasteiger partial charge in [-0.15, -0.1) is 0 Å².